The normalized spacial score (nSPS) is 18.9. The Morgan fingerprint density at radius 1 is 0.757 bits per heavy atom. The third-order valence-electron chi connectivity index (χ3n) is 8.13. The van der Waals surface area contributed by atoms with Crippen LogP contribution < -0.4 is 10.6 Å². The summed E-state index contributed by atoms with van der Waals surface area (Å²) in [6.07, 6.45) is 4.92. The van der Waals surface area contributed by atoms with E-state index in [-0.39, 0.29) is 23.6 Å². The molecule has 0 bridgehead atoms. The molecule has 1 atom stereocenters. The quantitative estimate of drug-likeness (QED) is 0.242. The maximum absolute atomic E-state index is 3.91. The molecule has 0 fully saturated rings. The van der Waals surface area contributed by atoms with Gasteiger partial charge in [-0.25, -0.2) is 0 Å². The van der Waals surface area contributed by atoms with Gasteiger partial charge in [0.1, 0.15) is 0 Å². The van der Waals surface area contributed by atoms with Gasteiger partial charge in [-0.2, -0.15) is 11.8 Å². The van der Waals surface area contributed by atoms with E-state index < -0.39 is 0 Å². The van der Waals surface area contributed by atoms with E-state index >= 15 is 0 Å². The molecule has 0 heterocycles. The van der Waals surface area contributed by atoms with Gasteiger partial charge in [-0.1, -0.05) is 110 Å². The van der Waals surface area contributed by atoms with E-state index in [0.29, 0.717) is 0 Å². The molecule has 3 aromatic carbocycles. The molecule has 37 heavy (non-hydrogen) atoms. The molecule has 196 valence electrons. The highest BCUT2D eigenvalue weighted by molar-refractivity contribution is 7.98. The second kappa shape index (κ2) is 10.4. The number of anilines is 1. The average molecular weight is 530 g/mol. The molecule has 2 aliphatic carbocycles. The van der Waals surface area contributed by atoms with E-state index in [4.69, 9.17) is 0 Å². The fourth-order valence-electron chi connectivity index (χ4n) is 7.25. The zero-order valence-electron chi connectivity index (χ0n) is 23.7. The fraction of sp³-hybridized carbons (Fsp3) is 0.471. The van der Waals surface area contributed by atoms with Crippen molar-refractivity contribution in [3.63, 3.8) is 0 Å². The Morgan fingerprint density at radius 2 is 1.38 bits per heavy atom. The van der Waals surface area contributed by atoms with Crippen LogP contribution in [0.15, 0.2) is 66.7 Å². The first-order valence-corrected chi connectivity index (χ1v) is 16.5. The highest BCUT2D eigenvalue weighted by Crippen LogP contribution is 2.62. The average Bonchev–Trinajstić information content (AvgIpc) is 3.41. The number of fused-ring (bicyclic) bond motifs is 4. The van der Waals surface area contributed by atoms with Crippen LogP contribution in [0.25, 0.3) is 0 Å². The predicted molar refractivity (Wildman–Crippen MR) is 167 cm³/mol. The summed E-state index contributed by atoms with van der Waals surface area (Å²) in [6.45, 7) is 15.8. The maximum Gasteiger partial charge on any atom is 0.0384 e. The van der Waals surface area contributed by atoms with Crippen LogP contribution in [0, 0.1) is 0 Å². The van der Waals surface area contributed by atoms with Crippen molar-refractivity contribution in [3.8, 4) is 0 Å². The molecule has 3 heteroatoms. The Morgan fingerprint density at radius 3 is 2.03 bits per heavy atom. The number of thioether (sulfide) groups is 1. The van der Waals surface area contributed by atoms with Crippen molar-refractivity contribution in [2.24, 2.45) is 0 Å². The van der Waals surface area contributed by atoms with Crippen molar-refractivity contribution in [1.29, 1.82) is 0 Å². The Hall–Kier alpha value is -1.76. The first-order valence-electron chi connectivity index (χ1n) is 14.0. The molecule has 3 aromatic rings. The molecule has 0 unspecified atom stereocenters. The van der Waals surface area contributed by atoms with Crippen molar-refractivity contribution in [1.82, 2.24) is 0 Å². The van der Waals surface area contributed by atoms with Crippen molar-refractivity contribution in [2.45, 2.75) is 88.7 Å². The topological polar surface area (TPSA) is 12.0 Å². The number of rotatable bonds is 7. The van der Waals surface area contributed by atoms with E-state index in [9.17, 15) is 0 Å². The molecule has 0 aliphatic heterocycles. The van der Waals surface area contributed by atoms with Crippen molar-refractivity contribution >= 4 is 30.7 Å². The van der Waals surface area contributed by atoms with Gasteiger partial charge in [-0.05, 0) is 75.2 Å². The monoisotopic (exact) mass is 529 g/mol. The lowest BCUT2D eigenvalue weighted by molar-refractivity contribution is 0.510. The predicted octanol–water partition coefficient (Wildman–Crippen LogP) is 8.91. The Balaban J connectivity index is 1.46. The van der Waals surface area contributed by atoms with Crippen LogP contribution in [0.2, 0.25) is 0 Å². The zero-order valence-corrected chi connectivity index (χ0v) is 25.4. The maximum atomic E-state index is 3.91. The van der Waals surface area contributed by atoms with Crippen LogP contribution in [-0.2, 0) is 24.0 Å². The molecule has 0 aromatic heterocycles. The summed E-state index contributed by atoms with van der Waals surface area (Å²) >= 11 is 2.02. The van der Waals surface area contributed by atoms with Gasteiger partial charge in [0.2, 0.25) is 0 Å². The standard InChI is InChI=1S/C34H44NPS/c1-32(2,3)36(33(4,5)6)29-17-11-15-27-19-21-34(31(27)29)20-18-26-14-10-16-28(30(26)34)35-22-23-37-24-25-12-8-7-9-13-25/h7-17,35H,18-24H2,1-6H3/t34-/m1/s1. The Bertz CT molecular complexity index is 1220. The Kier molecular flexibility index (Phi) is 7.56. The van der Waals surface area contributed by atoms with Gasteiger partial charge in [0, 0.05) is 29.2 Å². The summed E-state index contributed by atoms with van der Waals surface area (Å²) in [6, 6.07) is 25.1. The third-order valence-corrected chi connectivity index (χ3v) is 12.7. The molecular weight excluding hydrogens is 485 g/mol. The van der Waals surface area contributed by atoms with Crippen molar-refractivity contribution < 1.29 is 0 Å². The first kappa shape index (κ1) is 26.8. The second-order valence-electron chi connectivity index (χ2n) is 12.9. The summed E-state index contributed by atoms with van der Waals surface area (Å²) in [5.41, 5.74) is 9.47. The summed E-state index contributed by atoms with van der Waals surface area (Å²) in [5.74, 6) is 2.20. The minimum atomic E-state index is -0.344. The molecule has 0 saturated carbocycles. The summed E-state index contributed by atoms with van der Waals surface area (Å²) in [4.78, 5) is 0. The minimum Gasteiger partial charge on any atom is -0.384 e. The molecule has 1 nitrogen and oxygen atoms in total. The Labute approximate surface area is 231 Å². The molecule has 1 spiro atoms. The largest absolute Gasteiger partial charge is 0.384 e. The SMILES string of the molecule is CC(C)(C)P(c1cccc2c1[C@]1(CCc3cccc(NCCSCc4ccccc4)c31)CC2)C(C)(C)C. The van der Waals surface area contributed by atoms with Gasteiger partial charge in [-0.3, -0.25) is 0 Å². The molecular formula is C34H44NPS. The van der Waals surface area contributed by atoms with E-state index in [2.05, 4.69) is 114 Å². The molecule has 2 aliphatic rings. The zero-order chi connectivity index (χ0) is 26.3. The van der Waals surface area contributed by atoms with Crippen LogP contribution in [0.5, 0.6) is 0 Å². The fourth-order valence-corrected chi connectivity index (χ4v) is 12.3. The lowest BCUT2D eigenvalue weighted by Crippen LogP contribution is -2.36. The summed E-state index contributed by atoms with van der Waals surface area (Å²) in [7, 11) is -0.344. The van der Waals surface area contributed by atoms with Crippen molar-refractivity contribution in [3.05, 3.63) is 94.5 Å². The molecule has 0 saturated heterocycles. The molecule has 0 amide bonds. The smallest absolute Gasteiger partial charge is 0.0384 e. The van der Waals surface area contributed by atoms with Gasteiger partial charge >= 0.3 is 0 Å². The van der Waals surface area contributed by atoms with Crippen LogP contribution in [0.4, 0.5) is 5.69 Å². The van der Waals surface area contributed by atoms with Gasteiger partial charge in [-0.15, -0.1) is 0 Å². The third kappa shape index (κ3) is 5.26. The number of hydrogen-bond donors (Lipinski definition) is 1. The minimum absolute atomic E-state index is 0.166. The number of nitrogens with one attached hydrogen (secondary N) is 1. The van der Waals surface area contributed by atoms with Crippen LogP contribution in [-0.4, -0.2) is 22.6 Å². The lowest BCUT2D eigenvalue weighted by Gasteiger charge is -2.44. The number of aryl methyl sites for hydroxylation is 2. The highest BCUT2D eigenvalue weighted by Gasteiger charge is 2.49. The van der Waals surface area contributed by atoms with E-state index in [1.807, 2.05) is 11.8 Å². The highest BCUT2D eigenvalue weighted by atomic mass is 32.2. The molecule has 0 radical (unpaired) electrons. The lowest BCUT2D eigenvalue weighted by atomic mass is 9.76. The van der Waals surface area contributed by atoms with E-state index in [0.717, 1.165) is 18.1 Å². The molecule has 1 N–H and O–H groups in total. The van der Waals surface area contributed by atoms with Gasteiger partial charge in [0.05, 0.1) is 0 Å². The van der Waals surface area contributed by atoms with E-state index in [1.165, 1.54) is 36.9 Å². The molecule has 5 rings (SSSR count). The van der Waals surface area contributed by atoms with Gasteiger partial charge < -0.3 is 5.32 Å². The van der Waals surface area contributed by atoms with Crippen LogP contribution >= 0.6 is 19.7 Å². The van der Waals surface area contributed by atoms with E-state index in [1.54, 1.807) is 27.6 Å². The first-order chi connectivity index (χ1) is 17.6. The summed E-state index contributed by atoms with van der Waals surface area (Å²) in [5, 5.41) is 6.11. The van der Waals surface area contributed by atoms with Crippen LogP contribution in [0.3, 0.4) is 0 Å². The summed E-state index contributed by atoms with van der Waals surface area (Å²) < 4.78 is 0. The second-order valence-corrected chi connectivity index (χ2v) is 17.8. The number of benzene rings is 3. The van der Waals surface area contributed by atoms with Crippen molar-refractivity contribution in [2.75, 3.05) is 17.6 Å². The van der Waals surface area contributed by atoms with Crippen LogP contribution in [0.1, 0.15) is 82.2 Å². The van der Waals surface area contributed by atoms with Gasteiger partial charge in [0.25, 0.3) is 0 Å². The van der Waals surface area contributed by atoms with Gasteiger partial charge in [0.15, 0.2) is 0 Å². The number of hydrogen-bond acceptors (Lipinski definition) is 2.